The van der Waals surface area contributed by atoms with Crippen LogP contribution in [0.3, 0.4) is 0 Å². The highest BCUT2D eigenvalue weighted by Crippen LogP contribution is 2.36. The first kappa shape index (κ1) is 14.5. The third-order valence-electron chi connectivity index (χ3n) is 1.51. The van der Waals surface area contributed by atoms with Gasteiger partial charge in [-0.25, -0.2) is 8.78 Å². The lowest BCUT2D eigenvalue weighted by molar-refractivity contribution is -0.352. The molecule has 1 saturated heterocycles. The summed E-state index contributed by atoms with van der Waals surface area (Å²) in [6, 6.07) is 0. The topological polar surface area (TPSA) is 29.5 Å². The molecule has 1 aliphatic rings. The summed E-state index contributed by atoms with van der Waals surface area (Å²) in [4.78, 5) is 0. The normalized spacial score (nSPS) is 20.8. The SMILES string of the molecule is C1CCOC1.OC(F)(C(F)F)C(F)(F)F. The van der Waals surface area contributed by atoms with Crippen LogP contribution in [0.2, 0.25) is 0 Å². The Morgan fingerprint density at radius 3 is 1.47 bits per heavy atom. The molecule has 0 aliphatic carbocycles. The van der Waals surface area contributed by atoms with Crippen LogP contribution in [0.15, 0.2) is 0 Å². The van der Waals surface area contributed by atoms with Crippen molar-refractivity contribution in [3.8, 4) is 0 Å². The number of aliphatic hydroxyl groups is 1. The van der Waals surface area contributed by atoms with Crippen molar-refractivity contribution in [1.29, 1.82) is 0 Å². The second-order valence-electron chi connectivity index (χ2n) is 2.79. The average Bonchev–Trinajstić information content (AvgIpc) is 2.57. The summed E-state index contributed by atoms with van der Waals surface area (Å²) in [6.07, 6.45) is -7.87. The Hall–Kier alpha value is -0.500. The molecule has 92 valence electrons. The van der Waals surface area contributed by atoms with Crippen LogP contribution >= 0.6 is 0 Å². The molecule has 0 aromatic rings. The summed E-state index contributed by atoms with van der Waals surface area (Å²) < 4.78 is 71.2. The fourth-order valence-corrected chi connectivity index (χ4v) is 0.634. The first-order valence-corrected chi connectivity index (χ1v) is 4.03. The lowest BCUT2D eigenvalue weighted by atomic mass is 10.3. The predicted molar refractivity (Wildman–Crippen MR) is 38.2 cm³/mol. The molecule has 0 radical (unpaired) electrons. The van der Waals surface area contributed by atoms with Crippen LogP contribution in [-0.2, 0) is 4.74 Å². The van der Waals surface area contributed by atoms with Gasteiger partial charge in [0.05, 0.1) is 0 Å². The van der Waals surface area contributed by atoms with E-state index in [1.807, 2.05) is 0 Å². The smallest absolute Gasteiger partial charge is 0.381 e. The van der Waals surface area contributed by atoms with E-state index in [1.54, 1.807) is 0 Å². The van der Waals surface area contributed by atoms with Gasteiger partial charge in [-0.15, -0.1) is 0 Å². The van der Waals surface area contributed by atoms with Crippen molar-refractivity contribution in [2.75, 3.05) is 13.2 Å². The summed E-state index contributed by atoms with van der Waals surface area (Å²) in [7, 11) is 0. The molecular weight excluding hydrogens is 230 g/mol. The molecule has 1 fully saturated rings. The van der Waals surface area contributed by atoms with Gasteiger partial charge in [0.15, 0.2) is 0 Å². The Labute approximate surface area is 81.8 Å². The maximum atomic E-state index is 11.4. The van der Waals surface area contributed by atoms with Crippen molar-refractivity contribution in [2.24, 2.45) is 0 Å². The second kappa shape index (κ2) is 5.55. The lowest BCUT2D eigenvalue weighted by Gasteiger charge is -2.20. The third-order valence-corrected chi connectivity index (χ3v) is 1.51. The minimum absolute atomic E-state index is 1.00. The average molecular weight is 240 g/mol. The third kappa shape index (κ3) is 4.70. The van der Waals surface area contributed by atoms with E-state index in [9.17, 15) is 26.3 Å². The molecule has 1 N–H and O–H groups in total. The Morgan fingerprint density at radius 2 is 1.40 bits per heavy atom. The number of rotatable bonds is 1. The molecule has 0 amide bonds. The highest BCUT2D eigenvalue weighted by Gasteiger charge is 2.62. The van der Waals surface area contributed by atoms with Gasteiger partial charge >= 0.3 is 18.5 Å². The first-order valence-electron chi connectivity index (χ1n) is 4.03. The molecule has 0 saturated carbocycles. The Bertz CT molecular complexity index is 167. The largest absolute Gasteiger partial charge is 0.454 e. The van der Waals surface area contributed by atoms with Crippen LogP contribution in [0, 0.1) is 0 Å². The van der Waals surface area contributed by atoms with Gasteiger partial charge in [0, 0.05) is 13.2 Å². The molecule has 8 heteroatoms. The molecule has 0 spiro atoms. The summed E-state index contributed by atoms with van der Waals surface area (Å²) in [5.41, 5.74) is 0. The molecule has 0 aromatic heterocycles. The van der Waals surface area contributed by atoms with Crippen LogP contribution in [0.4, 0.5) is 26.3 Å². The maximum Gasteiger partial charge on any atom is 0.454 e. The Balaban J connectivity index is 0.000000322. The monoisotopic (exact) mass is 240 g/mol. The van der Waals surface area contributed by atoms with Gasteiger partial charge in [-0.05, 0) is 12.8 Å². The van der Waals surface area contributed by atoms with Gasteiger partial charge < -0.3 is 9.84 Å². The van der Waals surface area contributed by atoms with E-state index in [-0.39, 0.29) is 0 Å². The zero-order valence-corrected chi connectivity index (χ0v) is 7.53. The van der Waals surface area contributed by atoms with Crippen molar-refractivity contribution in [1.82, 2.24) is 0 Å². The Morgan fingerprint density at radius 1 is 1.00 bits per heavy atom. The van der Waals surface area contributed by atoms with Crippen LogP contribution in [0.5, 0.6) is 0 Å². The van der Waals surface area contributed by atoms with Crippen LogP contribution < -0.4 is 0 Å². The van der Waals surface area contributed by atoms with Crippen molar-refractivity contribution in [3.05, 3.63) is 0 Å². The van der Waals surface area contributed by atoms with E-state index < -0.39 is 18.5 Å². The minimum Gasteiger partial charge on any atom is -0.381 e. The van der Waals surface area contributed by atoms with E-state index >= 15 is 0 Å². The molecule has 15 heavy (non-hydrogen) atoms. The molecular formula is C7H10F6O2. The van der Waals surface area contributed by atoms with Crippen molar-refractivity contribution in [3.63, 3.8) is 0 Å². The molecule has 0 aromatic carbocycles. The van der Waals surface area contributed by atoms with Gasteiger partial charge in [-0.3, -0.25) is 0 Å². The van der Waals surface area contributed by atoms with Gasteiger partial charge in [0.1, 0.15) is 0 Å². The summed E-state index contributed by atoms with van der Waals surface area (Å²) in [5, 5.41) is 7.39. The molecule has 2 nitrogen and oxygen atoms in total. The molecule has 1 aliphatic heterocycles. The van der Waals surface area contributed by atoms with Crippen LogP contribution in [-0.4, -0.2) is 36.8 Å². The summed E-state index contributed by atoms with van der Waals surface area (Å²) >= 11 is 0. The number of ether oxygens (including phenoxy) is 1. The number of hydrogen-bond acceptors (Lipinski definition) is 2. The van der Waals surface area contributed by atoms with Gasteiger partial charge in [-0.2, -0.15) is 17.6 Å². The highest BCUT2D eigenvalue weighted by atomic mass is 19.4. The summed E-state index contributed by atoms with van der Waals surface area (Å²) in [5.74, 6) is -5.40. The van der Waals surface area contributed by atoms with E-state index in [1.165, 1.54) is 12.8 Å². The minimum atomic E-state index is -5.94. The fourth-order valence-electron chi connectivity index (χ4n) is 0.634. The molecule has 1 heterocycles. The first-order chi connectivity index (χ1) is 6.69. The lowest BCUT2D eigenvalue weighted by Crippen LogP contribution is -2.47. The standard InChI is InChI=1S/C4H8O.C3H2F6O/c1-2-4-5-3-1;4-1(5)2(6,10)3(7,8)9/h1-4H2;1,10H. The molecule has 1 atom stereocenters. The fraction of sp³-hybridized carbons (Fsp3) is 1.00. The van der Waals surface area contributed by atoms with Gasteiger partial charge in [0.2, 0.25) is 0 Å². The summed E-state index contributed by atoms with van der Waals surface area (Å²) in [6.45, 7) is 2.00. The van der Waals surface area contributed by atoms with E-state index in [0.717, 1.165) is 13.2 Å². The van der Waals surface area contributed by atoms with Crippen LogP contribution in [0.1, 0.15) is 12.8 Å². The quantitative estimate of drug-likeness (QED) is 0.712. The second-order valence-corrected chi connectivity index (χ2v) is 2.79. The zero-order chi connectivity index (χ0) is 12.1. The van der Waals surface area contributed by atoms with Gasteiger partial charge in [-0.1, -0.05) is 0 Å². The number of halogens is 6. The number of alkyl halides is 6. The van der Waals surface area contributed by atoms with E-state index in [0.29, 0.717) is 0 Å². The van der Waals surface area contributed by atoms with E-state index in [4.69, 9.17) is 9.84 Å². The van der Waals surface area contributed by atoms with Crippen molar-refractivity contribution < 1.29 is 36.2 Å². The van der Waals surface area contributed by atoms with E-state index in [2.05, 4.69) is 0 Å². The Kier molecular flexibility index (Phi) is 5.36. The molecule has 1 unspecified atom stereocenters. The van der Waals surface area contributed by atoms with Gasteiger partial charge in [0.25, 0.3) is 0 Å². The van der Waals surface area contributed by atoms with Crippen LogP contribution in [0.25, 0.3) is 0 Å². The van der Waals surface area contributed by atoms with Crippen molar-refractivity contribution in [2.45, 2.75) is 31.3 Å². The molecule has 1 rings (SSSR count). The zero-order valence-electron chi connectivity index (χ0n) is 7.53. The predicted octanol–water partition coefficient (Wildman–Crippen LogP) is 2.27. The number of hydrogen-bond donors (Lipinski definition) is 1. The van der Waals surface area contributed by atoms with Crippen molar-refractivity contribution >= 4 is 0 Å². The highest BCUT2D eigenvalue weighted by molar-refractivity contribution is 4.76. The maximum absolute atomic E-state index is 11.4. The molecule has 0 bridgehead atoms.